The van der Waals surface area contributed by atoms with Crippen LogP contribution in [0.4, 0.5) is 0 Å². The third kappa shape index (κ3) is 4.51. The Kier molecular flexibility index (Phi) is 6.24. The van der Waals surface area contributed by atoms with E-state index in [0.29, 0.717) is 6.04 Å². The Hall–Kier alpha value is 0.01000. The first kappa shape index (κ1) is 15.4. The molecule has 1 heterocycles. The number of thioether (sulfide) groups is 1. The van der Waals surface area contributed by atoms with Gasteiger partial charge >= 0.3 is 0 Å². The molecule has 3 atom stereocenters. The standard InChI is InChI=1S/C16H27NS2/c1-4-9-17-14-8-7-13(12(2)3)11-15(14)19-16-6-5-10-18-16/h5-6,10,12-15,17H,4,7-9,11H2,1-3H3. The molecule has 1 fully saturated rings. The zero-order chi connectivity index (χ0) is 13.7. The predicted molar refractivity (Wildman–Crippen MR) is 88.2 cm³/mol. The van der Waals surface area contributed by atoms with Gasteiger partial charge in [0, 0.05) is 11.3 Å². The summed E-state index contributed by atoms with van der Waals surface area (Å²) in [6.45, 7) is 8.20. The van der Waals surface area contributed by atoms with Gasteiger partial charge in [0.2, 0.25) is 0 Å². The number of rotatable bonds is 6. The van der Waals surface area contributed by atoms with Crippen molar-refractivity contribution in [3.63, 3.8) is 0 Å². The Bertz CT molecular complexity index is 348. The first-order chi connectivity index (χ1) is 9.20. The van der Waals surface area contributed by atoms with Crippen molar-refractivity contribution in [2.45, 2.75) is 62.0 Å². The fraction of sp³-hybridized carbons (Fsp3) is 0.750. The third-order valence-corrected chi connectivity index (χ3v) is 6.63. The second-order valence-electron chi connectivity index (χ2n) is 5.97. The highest BCUT2D eigenvalue weighted by Crippen LogP contribution is 2.40. The average molecular weight is 298 g/mol. The summed E-state index contributed by atoms with van der Waals surface area (Å²) in [6.07, 6.45) is 5.37. The second kappa shape index (κ2) is 7.70. The maximum Gasteiger partial charge on any atom is 0.0601 e. The van der Waals surface area contributed by atoms with Crippen molar-refractivity contribution in [3.05, 3.63) is 17.5 Å². The SMILES string of the molecule is CCCNC1CCC(C(C)C)CC1Sc1cccs1. The van der Waals surface area contributed by atoms with Crippen LogP contribution in [0.1, 0.15) is 46.5 Å². The molecule has 0 bridgehead atoms. The molecule has 0 aromatic carbocycles. The van der Waals surface area contributed by atoms with Crippen molar-refractivity contribution >= 4 is 23.1 Å². The van der Waals surface area contributed by atoms with Gasteiger partial charge in [0.05, 0.1) is 4.21 Å². The molecule has 0 amide bonds. The van der Waals surface area contributed by atoms with Gasteiger partial charge in [0.25, 0.3) is 0 Å². The van der Waals surface area contributed by atoms with Gasteiger partial charge < -0.3 is 5.32 Å². The van der Waals surface area contributed by atoms with Gasteiger partial charge in [0.1, 0.15) is 0 Å². The summed E-state index contributed by atoms with van der Waals surface area (Å²) < 4.78 is 1.48. The van der Waals surface area contributed by atoms with Gasteiger partial charge in [-0.15, -0.1) is 23.1 Å². The largest absolute Gasteiger partial charge is 0.313 e. The van der Waals surface area contributed by atoms with Gasteiger partial charge in [-0.05, 0) is 55.5 Å². The molecular weight excluding hydrogens is 270 g/mol. The number of hydrogen-bond donors (Lipinski definition) is 1. The summed E-state index contributed by atoms with van der Waals surface area (Å²) in [5.74, 6) is 1.75. The Morgan fingerprint density at radius 3 is 2.89 bits per heavy atom. The average Bonchev–Trinajstić information content (AvgIpc) is 2.90. The fourth-order valence-corrected chi connectivity index (χ4v) is 5.34. The van der Waals surface area contributed by atoms with E-state index in [9.17, 15) is 0 Å². The van der Waals surface area contributed by atoms with Crippen LogP contribution in [0.15, 0.2) is 21.7 Å². The van der Waals surface area contributed by atoms with E-state index in [1.165, 1.54) is 36.4 Å². The lowest BCUT2D eigenvalue weighted by Gasteiger charge is -2.38. The molecule has 0 aliphatic heterocycles. The summed E-state index contributed by atoms with van der Waals surface area (Å²) in [5.41, 5.74) is 0. The molecule has 1 nitrogen and oxygen atoms in total. The number of hydrogen-bond acceptors (Lipinski definition) is 3. The van der Waals surface area contributed by atoms with Gasteiger partial charge in [-0.3, -0.25) is 0 Å². The third-order valence-electron chi connectivity index (χ3n) is 4.19. The highest BCUT2D eigenvalue weighted by atomic mass is 32.2. The first-order valence-corrected chi connectivity index (χ1v) is 9.40. The normalized spacial score (nSPS) is 27.9. The molecule has 1 saturated carbocycles. The van der Waals surface area contributed by atoms with Crippen molar-refractivity contribution in [1.82, 2.24) is 5.32 Å². The maximum atomic E-state index is 3.78. The minimum atomic E-state index is 0.710. The van der Waals surface area contributed by atoms with E-state index >= 15 is 0 Å². The topological polar surface area (TPSA) is 12.0 Å². The van der Waals surface area contributed by atoms with Crippen LogP contribution in [-0.2, 0) is 0 Å². The van der Waals surface area contributed by atoms with Crippen LogP contribution in [0, 0.1) is 11.8 Å². The lowest BCUT2D eigenvalue weighted by atomic mass is 9.79. The molecule has 1 aromatic heterocycles. The Morgan fingerprint density at radius 1 is 1.42 bits per heavy atom. The quantitative estimate of drug-likeness (QED) is 0.790. The van der Waals surface area contributed by atoms with Gasteiger partial charge in [0.15, 0.2) is 0 Å². The Balaban J connectivity index is 1.97. The molecule has 3 unspecified atom stereocenters. The molecule has 2 rings (SSSR count). The first-order valence-electron chi connectivity index (χ1n) is 7.64. The fourth-order valence-electron chi connectivity index (χ4n) is 2.94. The minimum Gasteiger partial charge on any atom is -0.313 e. The van der Waals surface area contributed by atoms with E-state index in [1.807, 2.05) is 11.3 Å². The van der Waals surface area contributed by atoms with E-state index in [-0.39, 0.29) is 0 Å². The molecule has 0 saturated heterocycles. The lowest BCUT2D eigenvalue weighted by molar-refractivity contribution is 0.246. The highest BCUT2D eigenvalue weighted by Gasteiger charge is 2.32. The zero-order valence-electron chi connectivity index (χ0n) is 12.4. The van der Waals surface area contributed by atoms with Crippen LogP contribution < -0.4 is 5.32 Å². The van der Waals surface area contributed by atoms with Crippen LogP contribution in [0.3, 0.4) is 0 Å². The molecule has 0 spiro atoms. The monoisotopic (exact) mass is 297 g/mol. The second-order valence-corrected chi connectivity index (χ2v) is 8.45. The van der Waals surface area contributed by atoms with Crippen LogP contribution in [0.2, 0.25) is 0 Å². The summed E-state index contributed by atoms with van der Waals surface area (Å²) in [5, 5.41) is 6.73. The van der Waals surface area contributed by atoms with Crippen molar-refractivity contribution in [2.75, 3.05) is 6.54 Å². The summed E-state index contributed by atoms with van der Waals surface area (Å²) in [6, 6.07) is 5.15. The summed E-state index contributed by atoms with van der Waals surface area (Å²) in [7, 11) is 0. The highest BCUT2D eigenvalue weighted by molar-refractivity contribution is 8.01. The molecule has 19 heavy (non-hydrogen) atoms. The van der Waals surface area contributed by atoms with E-state index < -0.39 is 0 Å². The Morgan fingerprint density at radius 2 is 2.26 bits per heavy atom. The molecular formula is C16H27NS2. The number of thiophene rings is 1. The van der Waals surface area contributed by atoms with E-state index in [4.69, 9.17) is 0 Å². The Labute approximate surface area is 126 Å². The maximum absolute atomic E-state index is 3.78. The summed E-state index contributed by atoms with van der Waals surface area (Å²) >= 11 is 3.99. The van der Waals surface area contributed by atoms with Crippen LogP contribution >= 0.6 is 23.1 Å². The molecule has 3 heteroatoms. The van der Waals surface area contributed by atoms with Crippen molar-refractivity contribution in [3.8, 4) is 0 Å². The van der Waals surface area contributed by atoms with Gasteiger partial charge in [-0.25, -0.2) is 0 Å². The molecule has 108 valence electrons. The van der Waals surface area contributed by atoms with Crippen molar-refractivity contribution < 1.29 is 0 Å². The van der Waals surface area contributed by atoms with E-state index in [2.05, 4.69) is 55.4 Å². The zero-order valence-corrected chi connectivity index (χ0v) is 14.0. The van der Waals surface area contributed by atoms with Crippen molar-refractivity contribution in [2.24, 2.45) is 11.8 Å². The minimum absolute atomic E-state index is 0.710. The number of nitrogens with one attached hydrogen (secondary N) is 1. The molecule has 1 aromatic rings. The smallest absolute Gasteiger partial charge is 0.0601 e. The van der Waals surface area contributed by atoms with E-state index in [1.54, 1.807) is 0 Å². The van der Waals surface area contributed by atoms with Crippen LogP contribution in [-0.4, -0.2) is 17.8 Å². The van der Waals surface area contributed by atoms with Crippen LogP contribution in [0.5, 0.6) is 0 Å². The summed E-state index contributed by atoms with van der Waals surface area (Å²) in [4.78, 5) is 0. The van der Waals surface area contributed by atoms with Crippen LogP contribution in [0.25, 0.3) is 0 Å². The van der Waals surface area contributed by atoms with Crippen molar-refractivity contribution in [1.29, 1.82) is 0 Å². The molecule has 0 radical (unpaired) electrons. The molecule has 1 aliphatic carbocycles. The van der Waals surface area contributed by atoms with E-state index in [0.717, 1.165) is 17.1 Å². The predicted octanol–water partition coefficient (Wildman–Crippen LogP) is 5.03. The molecule has 1 N–H and O–H groups in total. The molecule has 1 aliphatic rings. The lowest BCUT2D eigenvalue weighted by Crippen LogP contribution is -2.43. The van der Waals surface area contributed by atoms with Gasteiger partial charge in [-0.2, -0.15) is 0 Å². The van der Waals surface area contributed by atoms with Gasteiger partial charge in [-0.1, -0.05) is 26.8 Å².